The summed E-state index contributed by atoms with van der Waals surface area (Å²) in [6.07, 6.45) is 2.19. The number of carbonyl (C=O) groups is 1. The monoisotopic (exact) mass is 278 g/mol. The van der Waals surface area contributed by atoms with E-state index in [-0.39, 0.29) is 18.1 Å². The quantitative estimate of drug-likeness (QED) is 0.717. The molecule has 2 amide bonds. The molecule has 20 heavy (non-hydrogen) atoms. The molecule has 1 unspecified atom stereocenters. The second kappa shape index (κ2) is 8.59. The van der Waals surface area contributed by atoms with Gasteiger partial charge in [-0.1, -0.05) is 45.4 Å². The Bertz CT molecular complexity index is 419. The number of hydrogen-bond donors (Lipinski definition) is 3. The molecule has 0 aliphatic rings. The predicted molar refractivity (Wildman–Crippen MR) is 82.9 cm³/mol. The van der Waals surface area contributed by atoms with Crippen LogP contribution in [0.4, 0.5) is 10.5 Å². The van der Waals surface area contributed by atoms with E-state index in [0.29, 0.717) is 13.0 Å². The number of aliphatic hydroxyl groups excluding tert-OH is 1. The van der Waals surface area contributed by atoms with Crippen LogP contribution in [-0.4, -0.2) is 23.8 Å². The van der Waals surface area contributed by atoms with Gasteiger partial charge in [-0.3, -0.25) is 0 Å². The molecule has 0 spiro atoms. The third-order valence-corrected chi connectivity index (χ3v) is 3.28. The van der Waals surface area contributed by atoms with E-state index in [4.69, 9.17) is 0 Å². The predicted octanol–water partition coefficient (Wildman–Crippen LogP) is 3.17. The van der Waals surface area contributed by atoms with Crippen LogP contribution in [0.15, 0.2) is 24.3 Å². The van der Waals surface area contributed by atoms with Crippen molar-refractivity contribution in [2.24, 2.45) is 5.92 Å². The number of rotatable bonds is 7. The summed E-state index contributed by atoms with van der Waals surface area (Å²) >= 11 is 0. The van der Waals surface area contributed by atoms with Crippen molar-refractivity contribution >= 4 is 11.7 Å². The van der Waals surface area contributed by atoms with Crippen molar-refractivity contribution < 1.29 is 9.90 Å². The number of nitrogens with one attached hydrogen (secondary N) is 2. The molecule has 4 nitrogen and oxygen atoms in total. The maximum absolute atomic E-state index is 11.8. The van der Waals surface area contributed by atoms with Crippen LogP contribution in [0, 0.1) is 5.92 Å². The Morgan fingerprint density at radius 1 is 1.30 bits per heavy atom. The fourth-order valence-corrected chi connectivity index (χ4v) is 1.96. The van der Waals surface area contributed by atoms with Crippen molar-refractivity contribution in [1.29, 1.82) is 0 Å². The fourth-order valence-electron chi connectivity index (χ4n) is 1.96. The SMILES string of the molecule is CCCc1ccccc1NC(=O)NCCC(O)C(C)C. The first-order valence-electron chi connectivity index (χ1n) is 7.35. The lowest BCUT2D eigenvalue weighted by Crippen LogP contribution is -2.32. The maximum Gasteiger partial charge on any atom is 0.319 e. The molecule has 1 aromatic carbocycles. The highest BCUT2D eigenvalue weighted by Crippen LogP contribution is 2.16. The number of para-hydroxylation sites is 1. The van der Waals surface area contributed by atoms with Gasteiger partial charge in [0.05, 0.1) is 6.10 Å². The lowest BCUT2D eigenvalue weighted by atomic mass is 10.0. The molecule has 0 saturated carbocycles. The van der Waals surface area contributed by atoms with Crippen LogP contribution in [0.2, 0.25) is 0 Å². The van der Waals surface area contributed by atoms with Crippen molar-refractivity contribution in [1.82, 2.24) is 5.32 Å². The Morgan fingerprint density at radius 3 is 2.65 bits per heavy atom. The largest absolute Gasteiger partial charge is 0.393 e. The van der Waals surface area contributed by atoms with Crippen LogP contribution in [0.25, 0.3) is 0 Å². The number of urea groups is 1. The summed E-state index contributed by atoms with van der Waals surface area (Å²) in [4.78, 5) is 11.8. The molecule has 0 fully saturated rings. The van der Waals surface area contributed by atoms with Gasteiger partial charge in [0.1, 0.15) is 0 Å². The summed E-state index contributed by atoms with van der Waals surface area (Å²) < 4.78 is 0. The zero-order chi connectivity index (χ0) is 15.0. The second-order valence-electron chi connectivity index (χ2n) is 5.39. The first kappa shape index (κ1) is 16.5. The van der Waals surface area contributed by atoms with Gasteiger partial charge in [-0.2, -0.15) is 0 Å². The molecule has 112 valence electrons. The summed E-state index contributed by atoms with van der Waals surface area (Å²) in [6.45, 7) is 6.52. The van der Waals surface area contributed by atoms with E-state index < -0.39 is 0 Å². The molecule has 1 aromatic rings. The van der Waals surface area contributed by atoms with Gasteiger partial charge < -0.3 is 15.7 Å². The smallest absolute Gasteiger partial charge is 0.319 e. The Morgan fingerprint density at radius 2 is 2.00 bits per heavy atom. The van der Waals surface area contributed by atoms with Crippen molar-refractivity contribution in [3.8, 4) is 0 Å². The molecule has 0 aliphatic heterocycles. The molecule has 0 aromatic heterocycles. The first-order chi connectivity index (χ1) is 9.54. The van der Waals surface area contributed by atoms with E-state index in [1.165, 1.54) is 0 Å². The standard InChI is InChI=1S/C16H26N2O2/c1-4-7-13-8-5-6-9-14(13)18-16(20)17-11-10-15(19)12(2)3/h5-6,8-9,12,15,19H,4,7,10-11H2,1-3H3,(H2,17,18,20). The highest BCUT2D eigenvalue weighted by atomic mass is 16.3. The molecule has 0 aliphatic carbocycles. The Labute approximate surface area is 121 Å². The molecular formula is C16H26N2O2. The average Bonchev–Trinajstić information content (AvgIpc) is 2.41. The average molecular weight is 278 g/mol. The van der Waals surface area contributed by atoms with E-state index in [2.05, 4.69) is 17.6 Å². The molecular weight excluding hydrogens is 252 g/mol. The minimum Gasteiger partial charge on any atom is -0.393 e. The lowest BCUT2D eigenvalue weighted by molar-refractivity contribution is 0.117. The van der Waals surface area contributed by atoms with E-state index in [1.54, 1.807) is 0 Å². The minimum atomic E-state index is -0.373. The molecule has 3 N–H and O–H groups in total. The molecule has 0 heterocycles. The normalized spacial score (nSPS) is 12.2. The fraction of sp³-hybridized carbons (Fsp3) is 0.562. The minimum absolute atomic E-state index is 0.213. The van der Waals surface area contributed by atoms with Crippen molar-refractivity contribution in [3.63, 3.8) is 0 Å². The molecule has 0 radical (unpaired) electrons. The number of carbonyl (C=O) groups excluding carboxylic acids is 1. The highest BCUT2D eigenvalue weighted by molar-refractivity contribution is 5.90. The van der Waals surface area contributed by atoms with Crippen molar-refractivity contribution in [3.05, 3.63) is 29.8 Å². The van der Waals surface area contributed by atoms with Crippen LogP contribution in [0.5, 0.6) is 0 Å². The van der Waals surface area contributed by atoms with E-state index in [0.717, 1.165) is 24.1 Å². The number of aliphatic hydroxyl groups is 1. The van der Waals surface area contributed by atoms with Crippen molar-refractivity contribution in [2.45, 2.75) is 46.1 Å². The molecule has 1 atom stereocenters. The molecule has 0 bridgehead atoms. The molecule has 1 rings (SSSR count). The number of hydrogen-bond acceptors (Lipinski definition) is 2. The van der Waals surface area contributed by atoms with Crippen molar-refractivity contribution in [2.75, 3.05) is 11.9 Å². The zero-order valence-corrected chi connectivity index (χ0v) is 12.6. The molecule has 4 heteroatoms. The Hall–Kier alpha value is -1.55. The summed E-state index contributed by atoms with van der Waals surface area (Å²) in [5.41, 5.74) is 2.00. The second-order valence-corrected chi connectivity index (χ2v) is 5.39. The summed E-state index contributed by atoms with van der Waals surface area (Å²) in [5.74, 6) is 0.213. The van der Waals surface area contributed by atoms with Crippen LogP contribution in [0.1, 0.15) is 39.2 Å². The van der Waals surface area contributed by atoms with Crippen LogP contribution in [0.3, 0.4) is 0 Å². The van der Waals surface area contributed by atoms with Gasteiger partial charge in [-0.15, -0.1) is 0 Å². The van der Waals surface area contributed by atoms with Crippen LogP contribution < -0.4 is 10.6 Å². The van der Waals surface area contributed by atoms with E-state index >= 15 is 0 Å². The summed E-state index contributed by atoms with van der Waals surface area (Å²) in [5, 5.41) is 15.3. The van der Waals surface area contributed by atoms with Gasteiger partial charge in [-0.05, 0) is 30.4 Å². The third-order valence-electron chi connectivity index (χ3n) is 3.28. The lowest BCUT2D eigenvalue weighted by Gasteiger charge is -2.15. The number of aryl methyl sites for hydroxylation is 1. The maximum atomic E-state index is 11.8. The van der Waals surface area contributed by atoms with E-state index in [9.17, 15) is 9.90 Å². The topological polar surface area (TPSA) is 61.4 Å². The van der Waals surface area contributed by atoms with Crippen LogP contribution >= 0.6 is 0 Å². The number of amides is 2. The van der Waals surface area contributed by atoms with E-state index in [1.807, 2.05) is 38.1 Å². The first-order valence-corrected chi connectivity index (χ1v) is 7.35. The summed E-state index contributed by atoms with van der Waals surface area (Å²) in [7, 11) is 0. The summed E-state index contributed by atoms with van der Waals surface area (Å²) in [6, 6.07) is 7.61. The Balaban J connectivity index is 2.42. The van der Waals surface area contributed by atoms with Gasteiger partial charge in [0.25, 0.3) is 0 Å². The van der Waals surface area contributed by atoms with Gasteiger partial charge in [0.2, 0.25) is 0 Å². The Kier molecular flexibility index (Phi) is 7.09. The highest BCUT2D eigenvalue weighted by Gasteiger charge is 2.10. The number of anilines is 1. The van der Waals surface area contributed by atoms with Gasteiger partial charge in [0, 0.05) is 12.2 Å². The number of benzene rings is 1. The van der Waals surface area contributed by atoms with Gasteiger partial charge in [0.15, 0.2) is 0 Å². The van der Waals surface area contributed by atoms with Gasteiger partial charge >= 0.3 is 6.03 Å². The third kappa shape index (κ3) is 5.61. The van der Waals surface area contributed by atoms with Crippen LogP contribution in [-0.2, 0) is 6.42 Å². The molecule has 0 saturated heterocycles. The van der Waals surface area contributed by atoms with Gasteiger partial charge in [-0.25, -0.2) is 4.79 Å². The zero-order valence-electron chi connectivity index (χ0n) is 12.6.